The molecule has 3 heterocycles. The summed E-state index contributed by atoms with van der Waals surface area (Å²) in [7, 11) is 0. The lowest BCUT2D eigenvalue weighted by Crippen LogP contribution is -2.45. The Morgan fingerprint density at radius 3 is 2.61 bits per heavy atom. The summed E-state index contributed by atoms with van der Waals surface area (Å²) in [6, 6.07) is 0. The lowest BCUT2D eigenvalue weighted by Gasteiger charge is -2.33. The predicted octanol–water partition coefficient (Wildman–Crippen LogP) is 2.37. The van der Waals surface area contributed by atoms with Gasteiger partial charge < -0.3 is 9.42 Å². The van der Waals surface area contributed by atoms with E-state index in [4.69, 9.17) is 4.52 Å². The van der Waals surface area contributed by atoms with Crippen LogP contribution in [0.15, 0.2) is 4.52 Å². The Balaban J connectivity index is 1.54. The van der Waals surface area contributed by atoms with Gasteiger partial charge in [0.15, 0.2) is 0 Å². The number of alkyl halides is 2. The molecule has 0 radical (unpaired) electrons. The SMILES string of the molecule is Cc1noc(C)c1CN1CCC(C(=O)N2CCC(F)(F)CC2)C1. The van der Waals surface area contributed by atoms with Crippen LogP contribution in [0.25, 0.3) is 0 Å². The van der Waals surface area contributed by atoms with E-state index < -0.39 is 5.92 Å². The number of carbonyl (C=O) groups excluding carboxylic acids is 1. The number of amides is 1. The third-order valence-corrected chi connectivity index (χ3v) is 4.99. The number of hydrogen-bond donors (Lipinski definition) is 0. The van der Waals surface area contributed by atoms with Crippen LogP contribution in [0, 0.1) is 19.8 Å². The molecule has 0 bridgehead atoms. The molecule has 1 aromatic heterocycles. The van der Waals surface area contributed by atoms with Gasteiger partial charge in [-0.3, -0.25) is 9.69 Å². The van der Waals surface area contributed by atoms with Gasteiger partial charge in [0.2, 0.25) is 5.91 Å². The Kier molecular flexibility index (Phi) is 4.40. The highest BCUT2D eigenvalue weighted by Crippen LogP contribution is 2.30. The Labute approximate surface area is 134 Å². The molecule has 0 spiro atoms. The summed E-state index contributed by atoms with van der Waals surface area (Å²) in [5.41, 5.74) is 1.96. The van der Waals surface area contributed by atoms with E-state index in [2.05, 4.69) is 10.1 Å². The minimum Gasteiger partial charge on any atom is -0.361 e. The number of aromatic nitrogens is 1. The second kappa shape index (κ2) is 6.19. The summed E-state index contributed by atoms with van der Waals surface area (Å²) >= 11 is 0. The zero-order chi connectivity index (χ0) is 16.6. The molecule has 0 saturated carbocycles. The molecule has 0 aliphatic carbocycles. The first kappa shape index (κ1) is 16.4. The Morgan fingerprint density at radius 1 is 1.30 bits per heavy atom. The number of rotatable bonds is 3. The van der Waals surface area contributed by atoms with Crippen LogP contribution < -0.4 is 0 Å². The number of likely N-dealkylation sites (tertiary alicyclic amines) is 2. The molecule has 2 aliphatic rings. The molecule has 3 rings (SSSR count). The van der Waals surface area contributed by atoms with E-state index in [9.17, 15) is 13.6 Å². The van der Waals surface area contributed by atoms with E-state index in [0.717, 1.165) is 36.5 Å². The van der Waals surface area contributed by atoms with Gasteiger partial charge in [-0.2, -0.15) is 0 Å². The standard InChI is InChI=1S/C16H23F2N3O2/c1-11-14(12(2)23-19-11)10-20-6-3-13(9-20)15(22)21-7-4-16(17,18)5-8-21/h13H,3-10H2,1-2H3. The zero-order valence-corrected chi connectivity index (χ0v) is 13.6. The highest BCUT2D eigenvalue weighted by Gasteiger charge is 2.38. The Bertz CT molecular complexity index is 558. The summed E-state index contributed by atoms with van der Waals surface area (Å²) in [5, 5.41) is 3.95. The average Bonchev–Trinajstić information content (AvgIpc) is 3.09. The van der Waals surface area contributed by atoms with Crippen molar-refractivity contribution in [2.45, 2.75) is 45.6 Å². The van der Waals surface area contributed by atoms with Crippen molar-refractivity contribution in [3.05, 3.63) is 17.0 Å². The van der Waals surface area contributed by atoms with E-state index in [-0.39, 0.29) is 37.8 Å². The first-order chi connectivity index (χ1) is 10.9. The normalized spacial score (nSPS) is 25.0. The number of piperidine rings is 1. The number of halogens is 2. The topological polar surface area (TPSA) is 49.6 Å². The maximum absolute atomic E-state index is 13.2. The number of hydrogen-bond acceptors (Lipinski definition) is 4. The van der Waals surface area contributed by atoms with Gasteiger partial charge in [0, 0.05) is 44.6 Å². The molecule has 7 heteroatoms. The monoisotopic (exact) mass is 327 g/mol. The molecule has 1 aromatic rings. The van der Waals surface area contributed by atoms with Gasteiger partial charge in [-0.05, 0) is 26.8 Å². The molecule has 128 valence electrons. The molecule has 0 N–H and O–H groups in total. The van der Waals surface area contributed by atoms with Gasteiger partial charge in [-0.15, -0.1) is 0 Å². The van der Waals surface area contributed by atoms with Crippen LogP contribution in [-0.4, -0.2) is 53.0 Å². The number of nitrogens with zero attached hydrogens (tertiary/aromatic N) is 3. The fourth-order valence-electron chi connectivity index (χ4n) is 3.44. The quantitative estimate of drug-likeness (QED) is 0.855. The first-order valence-corrected chi connectivity index (χ1v) is 8.16. The van der Waals surface area contributed by atoms with Crippen LogP contribution in [0.3, 0.4) is 0 Å². The van der Waals surface area contributed by atoms with E-state index in [0.29, 0.717) is 6.54 Å². The third kappa shape index (κ3) is 3.54. The molecule has 1 atom stereocenters. The Morgan fingerprint density at radius 2 is 2.00 bits per heavy atom. The zero-order valence-electron chi connectivity index (χ0n) is 13.6. The summed E-state index contributed by atoms with van der Waals surface area (Å²) in [6.07, 6.45) is 0.359. The molecule has 5 nitrogen and oxygen atoms in total. The van der Waals surface area contributed by atoms with Crippen LogP contribution >= 0.6 is 0 Å². The summed E-state index contributed by atoms with van der Waals surface area (Å²) in [4.78, 5) is 16.3. The van der Waals surface area contributed by atoms with E-state index in [1.54, 1.807) is 4.90 Å². The molecule has 1 amide bonds. The van der Waals surface area contributed by atoms with E-state index in [1.165, 1.54) is 0 Å². The van der Waals surface area contributed by atoms with Gasteiger partial charge in [0.05, 0.1) is 11.6 Å². The van der Waals surface area contributed by atoms with Crippen LogP contribution in [0.4, 0.5) is 8.78 Å². The highest BCUT2D eigenvalue weighted by atomic mass is 19.3. The molecule has 2 saturated heterocycles. The summed E-state index contributed by atoms with van der Waals surface area (Å²) in [5.74, 6) is -1.85. The van der Waals surface area contributed by atoms with E-state index in [1.807, 2.05) is 13.8 Å². The predicted molar refractivity (Wildman–Crippen MR) is 80.1 cm³/mol. The van der Waals surface area contributed by atoms with Gasteiger partial charge >= 0.3 is 0 Å². The summed E-state index contributed by atoms with van der Waals surface area (Å²) in [6.45, 7) is 6.39. The van der Waals surface area contributed by atoms with Crippen molar-refractivity contribution >= 4 is 5.91 Å². The van der Waals surface area contributed by atoms with Crippen LogP contribution in [-0.2, 0) is 11.3 Å². The maximum Gasteiger partial charge on any atom is 0.251 e. The average molecular weight is 327 g/mol. The fraction of sp³-hybridized carbons (Fsp3) is 0.750. The van der Waals surface area contributed by atoms with Crippen LogP contribution in [0.2, 0.25) is 0 Å². The minimum absolute atomic E-state index is 0.0294. The Hall–Kier alpha value is -1.50. The lowest BCUT2D eigenvalue weighted by atomic mass is 10.0. The van der Waals surface area contributed by atoms with Crippen LogP contribution in [0.5, 0.6) is 0 Å². The molecular weight excluding hydrogens is 304 g/mol. The minimum atomic E-state index is -2.61. The number of carbonyl (C=O) groups is 1. The molecular formula is C16H23F2N3O2. The molecule has 2 aliphatic heterocycles. The van der Waals surface area contributed by atoms with Crippen molar-refractivity contribution < 1.29 is 18.1 Å². The second-order valence-corrected chi connectivity index (χ2v) is 6.70. The lowest BCUT2D eigenvalue weighted by molar-refractivity contribution is -0.141. The highest BCUT2D eigenvalue weighted by molar-refractivity contribution is 5.79. The second-order valence-electron chi connectivity index (χ2n) is 6.70. The van der Waals surface area contributed by atoms with Crippen molar-refractivity contribution in [1.82, 2.24) is 15.0 Å². The van der Waals surface area contributed by atoms with E-state index >= 15 is 0 Å². The van der Waals surface area contributed by atoms with Crippen molar-refractivity contribution in [2.75, 3.05) is 26.2 Å². The molecule has 2 fully saturated rings. The maximum atomic E-state index is 13.2. The van der Waals surface area contributed by atoms with Gasteiger partial charge in [0.25, 0.3) is 5.92 Å². The van der Waals surface area contributed by atoms with Crippen molar-refractivity contribution in [3.8, 4) is 0 Å². The van der Waals surface area contributed by atoms with Crippen LogP contribution in [0.1, 0.15) is 36.3 Å². The van der Waals surface area contributed by atoms with Gasteiger partial charge in [-0.25, -0.2) is 8.78 Å². The largest absolute Gasteiger partial charge is 0.361 e. The number of aryl methyl sites for hydroxylation is 2. The molecule has 23 heavy (non-hydrogen) atoms. The first-order valence-electron chi connectivity index (χ1n) is 8.16. The smallest absolute Gasteiger partial charge is 0.251 e. The fourth-order valence-corrected chi connectivity index (χ4v) is 3.44. The van der Waals surface area contributed by atoms with Crippen molar-refractivity contribution in [3.63, 3.8) is 0 Å². The van der Waals surface area contributed by atoms with Gasteiger partial charge in [0.1, 0.15) is 5.76 Å². The summed E-state index contributed by atoms with van der Waals surface area (Å²) < 4.78 is 31.6. The third-order valence-electron chi connectivity index (χ3n) is 4.99. The van der Waals surface area contributed by atoms with Gasteiger partial charge in [-0.1, -0.05) is 5.16 Å². The van der Waals surface area contributed by atoms with Crippen molar-refractivity contribution in [2.24, 2.45) is 5.92 Å². The molecule has 0 aromatic carbocycles. The molecule has 1 unspecified atom stereocenters. The van der Waals surface area contributed by atoms with Crippen molar-refractivity contribution in [1.29, 1.82) is 0 Å².